The van der Waals surface area contributed by atoms with Crippen LogP contribution in [0.4, 0.5) is 22.0 Å². The second-order valence-corrected chi connectivity index (χ2v) is 6.64. The molecule has 0 saturated heterocycles. The molecule has 1 aromatic carbocycles. The molecule has 0 saturated carbocycles. The zero-order chi connectivity index (χ0) is 24.6. The van der Waals surface area contributed by atoms with E-state index in [9.17, 15) is 31.5 Å². The first-order chi connectivity index (χ1) is 15.8. The fourth-order valence-electron chi connectivity index (χ4n) is 2.34. The van der Waals surface area contributed by atoms with Crippen LogP contribution >= 0.6 is 0 Å². The van der Waals surface area contributed by atoms with Gasteiger partial charge in [0, 0.05) is 6.42 Å². The average Bonchev–Trinajstić information content (AvgIpc) is 2.80. The predicted octanol–water partition coefficient (Wildman–Crippen LogP) is 3.85. The third-order valence-electron chi connectivity index (χ3n) is 4.06. The number of hydrogen-bond donors (Lipinski definition) is 0. The molecule has 0 N–H and O–H groups in total. The smallest absolute Gasteiger partial charge is 0.313 e. The van der Waals surface area contributed by atoms with E-state index in [1.807, 2.05) is 6.92 Å². The first kappa shape index (κ1) is 28.7. The minimum atomic E-state index is -2.35. The second kappa shape index (κ2) is 16.3. The van der Waals surface area contributed by atoms with Crippen molar-refractivity contribution in [2.45, 2.75) is 39.0 Å². The normalized spacial score (nSPS) is 11.0. The highest BCUT2D eigenvalue weighted by atomic mass is 19.2. The third kappa shape index (κ3) is 10.9. The van der Waals surface area contributed by atoms with E-state index >= 15 is 0 Å². The Kier molecular flexibility index (Phi) is 14.2. The number of ether oxygens (including phenoxy) is 5. The van der Waals surface area contributed by atoms with E-state index in [0.717, 1.165) is 19.3 Å². The number of rotatable bonds is 17. The highest BCUT2D eigenvalue weighted by Gasteiger charge is 2.28. The van der Waals surface area contributed by atoms with E-state index < -0.39 is 47.2 Å². The van der Waals surface area contributed by atoms with Crippen molar-refractivity contribution in [3.05, 3.63) is 29.1 Å². The van der Waals surface area contributed by atoms with E-state index in [4.69, 9.17) is 18.9 Å². The van der Waals surface area contributed by atoms with Crippen molar-refractivity contribution in [2.24, 2.45) is 0 Å². The summed E-state index contributed by atoms with van der Waals surface area (Å²) in [6.45, 7) is 2.96. The summed E-state index contributed by atoms with van der Waals surface area (Å²) in [5.74, 6) is -14.4. The summed E-state index contributed by atoms with van der Waals surface area (Å²) in [5, 5.41) is 0. The standard InChI is InChI=1S/C21H27F5O7/c1-2-3-4-5-14(27)32-13-12-31-11-10-30-9-8-29-7-6-15(28)33-21-19(25)17(23)16(22)18(24)20(21)26/h2-13H2,1H3. The number of carbonyl (C=O) groups is 2. The third-order valence-corrected chi connectivity index (χ3v) is 4.06. The zero-order valence-electron chi connectivity index (χ0n) is 18.2. The van der Waals surface area contributed by atoms with Gasteiger partial charge in [-0.05, 0) is 6.42 Å². The minimum absolute atomic E-state index is 0.0746. The molecule has 0 spiro atoms. The van der Waals surface area contributed by atoms with Crippen LogP contribution in [-0.4, -0.2) is 58.2 Å². The molecule has 33 heavy (non-hydrogen) atoms. The van der Waals surface area contributed by atoms with Crippen LogP contribution in [0.2, 0.25) is 0 Å². The molecule has 0 unspecified atom stereocenters. The van der Waals surface area contributed by atoms with Gasteiger partial charge in [0.2, 0.25) is 34.8 Å². The number of halogens is 5. The molecule has 1 aromatic rings. The number of unbranched alkanes of at least 4 members (excludes halogenated alkanes) is 2. The van der Waals surface area contributed by atoms with Crippen LogP contribution in [-0.2, 0) is 28.5 Å². The summed E-state index contributed by atoms with van der Waals surface area (Å²) in [6, 6.07) is 0. The lowest BCUT2D eigenvalue weighted by atomic mass is 10.2. The molecule has 0 heterocycles. The van der Waals surface area contributed by atoms with Crippen LogP contribution in [0.15, 0.2) is 0 Å². The molecular weight excluding hydrogens is 459 g/mol. The van der Waals surface area contributed by atoms with Gasteiger partial charge in [-0.3, -0.25) is 9.59 Å². The van der Waals surface area contributed by atoms with Crippen molar-refractivity contribution in [3.63, 3.8) is 0 Å². The van der Waals surface area contributed by atoms with Gasteiger partial charge in [0.05, 0.1) is 46.1 Å². The van der Waals surface area contributed by atoms with E-state index in [2.05, 4.69) is 4.74 Å². The zero-order valence-corrected chi connectivity index (χ0v) is 18.2. The SMILES string of the molecule is CCCCCC(=O)OCCOCCOCCOCCC(=O)Oc1c(F)c(F)c(F)c(F)c1F. The van der Waals surface area contributed by atoms with Crippen molar-refractivity contribution in [1.29, 1.82) is 0 Å². The van der Waals surface area contributed by atoms with Crippen LogP contribution in [0.3, 0.4) is 0 Å². The van der Waals surface area contributed by atoms with Crippen LogP contribution in [0.5, 0.6) is 5.75 Å². The molecule has 0 aliphatic heterocycles. The largest absolute Gasteiger partial charge is 0.463 e. The fraction of sp³-hybridized carbons (Fsp3) is 0.619. The molecule has 0 atom stereocenters. The lowest BCUT2D eigenvalue weighted by Gasteiger charge is -2.09. The lowest BCUT2D eigenvalue weighted by Crippen LogP contribution is -2.16. The van der Waals surface area contributed by atoms with E-state index in [1.165, 1.54) is 0 Å². The molecule has 12 heteroatoms. The molecule has 0 fully saturated rings. The summed E-state index contributed by atoms with van der Waals surface area (Å²) >= 11 is 0. The fourth-order valence-corrected chi connectivity index (χ4v) is 2.34. The molecule has 0 bridgehead atoms. The van der Waals surface area contributed by atoms with Crippen molar-refractivity contribution < 1.29 is 55.2 Å². The molecule has 0 aliphatic carbocycles. The Morgan fingerprint density at radius 1 is 0.606 bits per heavy atom. The Morgan fingerprint density at radius 3 is 1.64 bits per heavy atom. The number of hydrogen-bond acceptors (Lipinski definition) is 7. The van der Waals surface area contributed by atoms with E-state index in [1.54, 1.807) is 0 Å². The Balaban J connectivity index is 2.04. The summed E-state index contributed by atoms with van der Waals surface area (Å²) in [6.07, 6.45) is 2.72. The number of carbonyl (C=O) groups excluding carboxylic acids is 2. The second-order valence-electron chi connectivity index (χ2n) is 6.64. The molecule has 7 nitrogen and oxygen atoms in total. The maximum Gasteiger partial charge on any atom is 0.313 e. The van der Waals surface area contributed by atoms with Gasteiger partial charge in [-0.1, -0.05) is 19.8 Å². The van der Waals surface area contributed by atoms with Gasteiger partial charge in [-0.25, -0.2) is 13.2 Å². The summed E-state index contributed by atoms with van der Waals surface area (Å²) < 4.78 is 90.6. The molecule has 188 valence electrons. The van der Waals surface area contributed by atoms with Crippen molar-refractivity contribution in [2.75, 3.05) is 46.2 Å². The summed E-state index contributed by atoms with van der Waals surface area (Å²) in [4.78, 5) is 22.9. The summed E-state index contributed by atoms with van der Waals surface area (Å²) in [7, 11) is 0. The maximum absolute atomic E-state index is 13.4. The molecule has 0 aliphatic rings. The van der Waals surface area contributed by atoms with E-state index in [-0.39, 0.29) is 52.2 Å². The molecule has 0 aromatic heterocycles. The van der Waals surface area contributed by atoms with Crippen LogP contribution in [0.25, 0.3) is 0 Å². The van der Waals surface area contributed by atoms with Gasteiger partial charge >= 0.3 is 11.9 Å². The highest BCUT2D eigenvalue weighted by molar-refractivity contribution is 5.72. The van der Waals surface area contributed by atoms with Crippen LogP contribution in [0.1, 0.15) is 39.0 Å². The molecule has 0 radical (unpaired) electrons. The predicted molar refractivity (Wildman–Crippen MR) is 104 cm³/mol. The van der Waals surface area contributed by atoms with Crippen molar-refractivity contribution in [3.8, 4) is 5.75 Å². The Bertz CT molecular complexity index is 732. The van der Waals surface area contributed by atoms with Gasteiger partial charge < -0.3 is 23.7 Å². The monoisotopic (exact) mass is 486 g/mol. The minimum Gasteiger partial charge on any atom is -0.463 e. The topological polar surface area (TPSA) is 80.3 Å². The Morgan fingerprint density at radius 2 is 1.09 bits per heavy atom. The van der Waals surface area contributed by atoms with Gasteiger partial charge in [-0.2, -0.15) is 8.78 Å². The number of esters is 2. The first-order valence-electron chi connectivity index (χ1n) is 10.4. The van der Waals surface area contributed by atoms with Crippen LogP contribution < -0.4 is 4.74 Å². The summed E-state index contributed by atoms with van der Waals surface area (Å²) in [5.41, 5.74) is 0. The van der Waals surface area contributed by atoms with Gasteiger partial charge in [0.25, 0.3) is 0 Å². The lowest BCUT2D eigenvalue weighted by molar-refractivity contribution is -0.145. The van der Waals surface area contributed by atoms with Gasteiger partial charge in [0.15, 0.2) is 0 Å². The van der Waals surface area contributed by atoms with Gasteiger partial charge in [-0.15, -0.1) is 0 Å². The highest BCUT2D eigenvalue weighted by Crippen LogP contribution is 2.29. The molecular formula is C21H27F5O7. The van der Waals surface area contributed by atoms with E-state index in [0.29, 0.717) is 6.42 Å². The first-order valence-corrected chi connectivity index (χ1v) is 10.4. The Hall–Kier alpha value is -2.31. The quantitative estimate of drug-likeness (QED) is 0.0827. The van der Waals surface area contributed by atoms with Gasteiger partial charge in [0.1, 0.15) is 6.61 Å². The Labute approximate surface area is 188 Å². The maximum atomic E-state index is 13.4. The molecule has 1 rings (SSSR count). The van der Waals surface area contributed by atoms with Crippen molar-refractivity contribution >= 4 is 11.9 Å². The molecule has 0 amide bonds. The van der Waals surface area contributed by atoms with Crippen molar-refractivity contribution in [1.82, 2.24) is 0 Å². The number of benzene rings is 1. The average molecular weight is 486 g/mol. The van der Waals surface area contributed by atoms with Crippen LogP contribution in [0, 0.1) is 29.1 Å².